The fourth-order valence-electron chi connectivity index (χ4n) is 2.78. The van der Waals surface area contributed by atoms with E-state index >= 15 is 0 Å². The summed E-state index contributed by atoms with van der Waals surface area (Å²) in [6.07, 6.45) is 9.80. The zero-order chi connectivity index (χ0) is 17.8. The summed E-state index contributed by atoms with van der Waals surface area (Å²) in [5, 5.41) is 9.53. The van der Waals surface area contributed by atoms with Gasteiger partial charge in [-0.3, -0.25) is 4.90 Å². The van der Waals surface area contributed by atoms with E-state index in [0.717, 1.165) is 37.7 Å². The molecular weight excluding hydrogens is 298 g/mol. The molecule has 0 radical (unpaired) electrons. The highest BCUT2D eigenvalue weighted by atomic mass is 16.4. The Labute approximate surface area is 147 Å². The van der Waals surface area contributed by atoms with E-state index in [4.69, 9.17) is 0 Å². The summed E-state index contributed by atoms with van der Waals surface area (Å²) in [6, 6.07) is 8.35. The number of allylic oxidation sites excluding steroid dienone is 1. The number of hydrogen-bond donors (Lipinski definition) is 1. The second-order valence-corrected chi connectivity index (χ2v) is 6.43. The molecule has 3 heteroatoms. The van der Waals surface area contributed by atoms with Gasteiger partial charge in [-0.2, -0.15) is 0 Å². The lowest BCUT2D eigenvalue weighted by atomic mass is 10.0. The molecule has 0 saturated carbocycles. The topological polar surface area (TPSA) is 40.5 Å². The molecule has 24 heavy (non-hydrogen) atoms. The van der Waals surface area contributed by atoms with Crippen LogP contribution in [0.15, 0.2) is 36.0 Å². The molecule has 0 aliphatic carbocycles. The molecular formula is C21H33NO2. The summed E-state index contributed by atoms with van der Waals surface area (Å²) in [7, 11) is 0. The Bertz CT molecular complexity index is 522. The van der Waals surface area contributed by atoms with Crippen molar-refractivity contribution in [2.75, 3.05) is 0 Å². The van der Waals surface area contributed by atoms with Crippen LogP contribution in [0.1, 0.15) is 76.8 Å². The standard InChI is InChI=1S/C21H33NO2/c1-4-7-9-12-19-13-10-14-20(15-19)17-22(21(23)24)16-18(6-3)11-8-5-2/h10,13-16H,4-9,11-12,17H2,1-3H3,(H,23,24). The fraction of sp³-hybridized carbons (Fsp3) is 0.571. The summed E-state index contributed by atoms with van der Waals surface area (Å²) in [6.45, 7) is 6.88. The SMILES string of the molecule is CCCCCc1cccc(CN(C=C(CC)CCCC)C(=O)O)c1. The highest BCUT2D eigenvalue weighted by molar-refractivity contribution is 5.66. The van der Waals surface area contributed by atoms with Crippen LogP contribution in [0.2, 0.25) is 0 Å². The molecule has 1 aromatic rings. The summed E-state index contributed by atoms with van der Waals surface area (Å²) in [5.74, 6) is 0. The number of unbranched alkanes of at least 4 members (excludes halogenated alkanes) is 3. The summed E-state index contributed by atoms with van der Waals surface area (Å²) in [4.78, 5) is 13.0. The van der Waals surface area contributed by atoms with E-state index in [0.29, 0.717) is 6.54 Å². The van der Waals surface area contributed by atoms with E-state index in [1.165, 1.54) is 35.3 Å². The van der Waals surface area contributed by atoms with Gasteiger partial charge in [-0.1, -0.05) is 69.9 Å². The zero-order valence-electron chi connectivity index (χ0n) is 15.6. The van der Waals surface area contributed by atoms with Gasteiger partial charge in [0.1, 0.15) is 0 Å². The molecule has 134 valence electrons. The van der Waals surface area contributed by atoms with E-state index in [-0.39, 0.29) is 0 Å². The van der Waals surface area contributed by atoms with E-state index < -0.39 is 6.09 Å². The van der Waals surface area contributed by atoms with Crippen molar-refractivity contribution in [3.05, 3.63) is 47.2 Å². The van der Waals surface area contributed by atoms with Gasteiger partial charge in [0.05, 0.1) is 6.54 Å². The van der Waals surface area contributed by atoms with E-state index in [9.17, 15) is 9.90 Å². The van der Waals surface area contributed by atoms with Crippen molar-refractivity contribution in [3.63, 3.8) is 0 Å². The molecule has 0 atom stereocenters. The molecule has 0 bridgehead atoms. The van der Waals surface area contributed by atoms with Crippen molar-refractivity contribution in [2.45, 2.75) is 78.7 Å². The third-order valence-electron chi connectivity index (χ3n) is 4.30. The summed E-state index contributed by atoms with van der Waals surface area (Å²) in [5.41, 5.74) is 3.57. The molecule has 0 aromatic heterocycles. The molecule has 1 amide bonds. The Morgan fingerprint density at radius 3 is 2.42 bits per heavy atom. The van der Waals surface area contributed by atoms with Crippen molar-refractivity contribution in [1.29, 1.82) is 0 Å². The number of carboxylic acid groups (broad SMARTS) is 1. The zero-order valence-corrected chi connectivity index (χ0v) is 15.6. The van der Waals surface area contributed by atoms with Gasteiger partial charge in [0.25, 0.3) is 0 Å². The Morgan fingerprint density at radius 1 is 1.08 bits per heavy atom. The van der Waals surface area contributed by atoms with Gasteiger partial charge in [-0.05, 0) is 43.2 Å². The molecule has 0 spiro atoms. The van der Waals surface area contributed by atoms with Crippen LogP contribution in [0.5, 0.6) is 0 Å². The third kappa shape index (κ3) is 7.67. The molecule has 0 heterocycles. The monoisotopic (exact) mass is 331 g/mol. The highest BCUT2D eigenvalue weighted by Gasteiger charge is 2.11. The minimum absolute atomic E-state index is 0.423. The molecule has 0 aliphatic heterocycles. The van der Waals surface area contributed by atoms with Crippen LogP contribution in [0.25, 0.3) is 0 Å². The van der Waals surface area contributed by atoms with Crippen molar-refractivity contribution < 1.29 is 9.90 Å². The lowest BCUT2D eigenvalue weighted by Crippen LogP contribution is -2.24. The molecule has 3 nitrogen and oxygen atoms in total. The second kappa shape index (κ2) is 11.7. The van der Waals surface area contributed by atoms with Crippen LogP contribution >= 0.6 is 0 Å². The minimum Gasteiger partial charge on any atom is -0.465 e. The number of rotatable bonds is 11. The lowest BCUT2D eigenvalue weighted by Gasteiger charge is -2.17. The van der Waals surface area contributed by atoms with Crippen LogP contribution in [-0.2, 0) is 13.0 Å². The first-order chi connectivity index (χ1) is 11.6. The third-order valence-corrected chi connectivity index (χ3v) is 4.30. The van der Waals surface area contributed by atoms with Crippen LogP contribution in [0.4, 0.5) is 4.79 Å². The highest BCUT2D eigenvalue weighted by Crippen LogP contribution is 2.16. The largest absolute Gasteiger partial charge is 0.465 e. The van der Waals surface area contributed by atoms with Gasteiger partial charge in [-0.25, -0.2) is 4.79 Å². The number of hydrogen-bond acceptors (Lipinski definition) is 1. The molecule has 1 rings (SSSR count). The van der Waals surface area contributed by atoms with Gasteiger partial charge in [0, 0.05) is 6.20 Å². The maximum atomic E-state index is 11.6. The molecule has 0 aliphatic rings. The average molecular weight is 332 g/mol. The maximum absolute atomic E-state index is 11.6. The normalized spacial score (nSPS) is 11.5. The van der Waals surface area contributed by atoms with Crippen LogP contribution in [0, 0.1) is 0 Å². The number of aryl methyl sites for hydroxylation is 1. The van der Waals surface area contributed by atoms with Gasteiger partial charge < -0.3 is 5.11 Å². The summed E-state index contributed by atoms with van der Waals surface area (Å²) >= 11 is 0. The second-order valence-electron chi connectivity index (χ2n) is 6.43. The van der Waals surface area contributed by atoms with E-state index in [2.05, 4.69) is 32.9 Å². The van der Waals surface area contributed by atoms with Gasteiger partial charge in [0.2, 0.25) is 0 Å². The Hall–Kier alpha value is -1.77. The quantitative estimate of drug-likeness (QED) is 0.478. The van der Waals surface area contributed by atoms with Crippen LogP contribution < -0.4 is 0 Å². The molecule has 0 fully saturated rings. The maximum Gasteiger partial charge on any atom is 0.411 e. The van der Waals surface area contributed by atoms with Gasteiger partial charge >= 0.3 is 6.09 Å². The van der Waals surface area contributed by atoms with Crippen LogP contribution in [-0.4, -0.2) is 16.1 Å². The van der Waals surface area contributed by atoms with Gasteiger partial charge in [0.15, 0.2) is 0 Å². The van der Waals surface area contributed by atoms with Gasteiger partial charge in [-0.15, -0.1) is 0 Å². The molecule has 0 saturated heterocycles. The van der Waals surface area contributed by atoms with E-state index in [1.807, 2.05) is 18.3 Å². The number of benzene rings is 1. The van der Waals surface area contributed by atoms with Crippen LogP contribution in [0.3, 0.4) is 0 Å². The Balaban J connectivity index is 2.79. The number of nitrogens with zero attached hydrogens (tertiary/aromatic N) is 1. The van der Waals surface area contributed by atoms with Crippen molar-refractivity contribution in [1.82, 2.24) is 4.90 Å². The lowest BCUT2D eigenvalue weighted by molar-refractivity contribution is 0.160. The molecule has 1 N–H and O–H groups in total. The summed E-state index contributed by atoms with van der Waals surface area (Å²) < 4.78 is 0. The molecule has 1 aromatic carbocycles. The Morgan fingerprint density at radius 2 is 1.79 bits per heavy atom. The van der Waals surface area contributed by atoms with E-state index in [1.54, 1.807) is 0 Å². The predicted molar refractivity (Wildman–Crippen MR) is 101 cm³/mol. The molecule has 0 unspecified atom stereocenters. The van der Waals surface area contributed by atoms with Crippen molar-refractivity contribution >= 4 is 6.09 Å². The number of carbonyl (C=O) groups is 1. The first-order valence-electron chi connectivity index (χ1n) is 9.37. The average Bonchev–Trinajstić information content (AvgIpc) is 2.58. The Kier molecular flexibility index (Phi) is 9.90. The predicted octanol–water partition coefficient (Wildman–Crippen LogP) is 6.38. The fourth-order valence-corrected chi connectivity index (χ4v) is 2.78. The smallest absolute Gasteiger partial charge is 0.411 e. The minimum atomic E-state index is -0.881. The first-order valence-corrected chi connectivity index (χ1v) is 9.37. The first kappa shape index (κ1) is 20.3. The van der Waals surface area contributed by atoms with Crippen molar-refractivity contribution in [2.24, 2.45) is 0 Å². The van der Waals surface area contributed by atoms with Crippen molar-refractivity contribution in [3.8, 4) is 0 Å². The number of amides is 1.